The topological polar surface area (TPSA) is 64.9 Å². The van der Waals surface area contributed by atoms with Crippen LogP contribution in [0, 0.1) is 0 Å². The molecule has 0 amide bonds. The van der Waals surface area contributed by atoms with E-state index in [9.17, 15) is 0 Å². The molecule has 2 aromatic rings. The maximum atomic E-state index is 5.98. The molecule has 0 radical (unpaired) electrons. The van der Waals surface area contributed by atoms with Crippen LogP contribution in [0.5, 0.6) is 0 Å². The Hall–Kier alpha value is -1.84. The molecule has 102 valence electrons. The highest BCUT2D eigenvalue weighted by Crippen LogP contribution is 2.37. The zero-order valence-electron chi connectivity index (χ0n) is 11.6. The average molecular weight is 259 g/mol. The molecular formula is C15H21N3O. The number of aromatic nitrogens is 2. The van der Waals surface area contributed by atoms with Crippen LogP contribution in [-0.4, -0.2) is 10.1 Å². The molecule has 0 fully saturated rings. The lowest BCUT2D eigenvalue weighted by Gasteiger charge is -2.13. The van der Waals surface area contributed by atoms with Gasteiger partial charge in [-0.2, -0.15) is 0 Å². The Morgan fingerprint density at radius 2 is 1.79 bits per heavy atom. The van der Waals surface area contributed by atoms with Crippen molar-refractivity contribution in [3.63, 3.8) is 0 Å². The maximum Gasteiger partial charge on any atom is 0.175 e. The number of nitrogens with two attached hydrogens (primary N) is 1. The first-order valence-electron chi connectivity index (χ1n) is 6.93. The Labute approximate surface area is 114 Å². The molecule has 4 heteroatoms. The summed E-state index contributed by atoms with van der Waals surface area (Å²) in [7, 11) is 0. The van der Waals surface area contributed by atoms with Gasteiger partial charge in [0.2, 0.25) is 0 Å². The minimum absolute atomic E-state index is 0.392. The average Bonchev–Trinajstić information content (AvgIpc) is 2.81. The molecular weight excluding hydrogens is 238 g/mol. The van der Waals surface area contributed by atoms with Gasteiger partial charge in [0.1, 0.15) is 5.76 Å². The van der Waals surface area contributed by atoms with Crippen molar-refractivity contribution in [1.82, 2.24) is 10.1 Å². The quantitative estimate of drug-likeness (QED) is 0.851. The van der Waals surface area contributed by atoms with Crippen molar-refractivity contribution in [2.24, 2.45) is 0 Å². The summed E-state index contributed by atoms with van der Waals surface area (Å²) in [4.78, 5) is 4.04. The Bertz CT molecular complexity index is 501. The summed E-state index contributed by atoms with van der Waals surface area (Å²) in [5.74, 6) is 1.79. The monoisotopic (exact) mass is 259 g/mol. The van der Waals surface area contributed by atoms with Crippen LogP contribution >= 0.6 is 0 Å². The normalized spacial score (nSPS) is 11.1. The number of anilines is 1. The summed E-state index contributed by atoms with van der Waals surface area (Å²) in [6.07, 6.45) is 7.98. The van der Waals surface area contributed by atoms with Crippen LogP contribution in [0.15, 0.2) is 29.0 Å². The number of rotatable bonds is 6. The van der Waals surface area contributed by atoms with Gasteiger partial charge in [-0.05, 0) is 30.5 Å². The van der Waals surface area contributed by atoms with E-state index in [-0.39, 0.29) is 0 Å². The fourth-order valence-electron chi connectivity index (χ4n) is 2.51. The number of hydrogen-bond donors (Lipinski definition) is 1. The van der Waals surface area contributed by atoms with Gasteiger partial charge in [0.15, 0.2) is 5.82 Å². The van der Waals surface area contributed by atoms with Crippen LogP contribution in [0.2, 0.25) is 0 Å². The SMILES string of the molecule is CCCC(CCC)c1onc(N)c1-c1ccncc1. The van der Waals surface area contributed by atoms with Crippen molar-refractivity contribution in [1.29, 1.82) is 0 Å². The van der Waals surface area contributed by atoms with Gasteiger partial charge in [0.05, 0.1) is 5.56 Å². The van der Waals surface area contributed by atoms with Gasteiger partial charge >= 0.3 is 0 Å². The molecule has 0 aromatic carbocycles. The van der Waals surface area contributed by atoms with Crippen LogP contribution in [0.3, 0.4) is 0 Å². The molecule has 0 aliphatic heterocycles. The molecule has 0 spiro atoms. The molecule has 0 aliphatic carbocycles. The van der Waals surface area contributed by atoms with Gasteiger partial charge < -0.3 is 10.3 Å². The lowest BCUT2D eigenvalue weighted by atomic mass is 9.91. The molecule has 0 saturated heterocycles. The van der Waals surface area contributed by atoms with Gasteiger partial charge in [-0.25, -0.2) is 0 Å². The molecule has 2 aromatic heterocycles. The predicted octanol–water partition coefficient (Wildman–Crippen LogP) is 4.00. The minimum Gasteiger partial charge on any atom is -0.380 e. The lowest BCUT2D eigenvalue weighted by Crippen LogP contribution is -1.99. The Kier molecular flexibility index (Phi) is 4.55. The highest BCUT2D eigenvalue weighted by Gasteiger charge is 2.23. The Morgan fingerprint density at radius 1 is 1.16 bits per heavy atom. The first-order valence-corrected chi connectivity index (χ1v) is 6.93. The number of nitrogen functional groups attached to an aromatic ring is 1. The molecule has 0 unspecified atom stereocenters. The summed E-state index contributed by atoms with van der Waals surface area (Å²) in [5, 5.41) is 3.96. The Morgan fingerprint density at radius 3 is 2.37 bits per heavy atom. The molecule has 0 aliphatic rings. The summed E-state index contributed by atoms with van der Waals surface area (Å²) in [6, 6.07) is 3.89. The van der Waals surface area contributed by atoms with Crippen molar-refractivity contribution in [3.05, 3.63) is 30.3 Å². The van der Waals surface area contributed by atoms with E-state index in [0.29, 0.717) is 11.7 Å². The fraction of sp³-hybridized carbons (Fsp3) is 0.467. The second-order valence-electron chi connectivity index (χ2n) is 4.82. The molecule has 0 atom stereocenters. The van der Waals surface area contributed by atoms with Gasteiger partial charge in [0.25, 0.3) is 0 Å². The predicted molar refractivity (Wildman–Crippen MR) is 76.7 cm³/mol. The van der Waals surface area contributed by atoms with Crippen molar-refractivity contribution in [2.45, 2.75) is 45.4 Å². The van der Waals surface area contributed by atoms with E-state index < -0.39 is 0 Å². The standard InChI is InChI=1S/C15H21N3O/c1-3-5-12(6-4-2)14-13(15(16)18-19-14)11-7-9-17-10-8-11/h7-10,12H,3-6H2,1-2H3,(H2,16,18). The van der Waals surface area contributed by atoms with Gasteiger partial charge in [-0.3, -0.25) is 4.98 Å². The molecule has 19 heavy (non-hydrogen) atoms. The van der Waals surface area contributed by atoms with Crippen LogP contribution in [0.1, 0.15) is 51.2 Å². The molecule has 0 bridgehead atoms. The summed E-state index contributed by atoms with van der Waals surface area (Å²) in [5.41, 5.74) is 7.95. The zero-order valence-corrected chi connectivity index (χ0v) is 11.6. The molecule has 2 rings (SSSR count). The maximum absolute atomic E-state index is 5.98. The molecule has 0 saturated carbocycles. The Balaban J connectivity index is 2.41. The fourth-order valence-corrected chi connectivity index (χ4v) is 2.51. The highest BCUT2D eigenvalue weighted by molar-refractivity contribution is 5.75. The van der Waals surface area contributed by atoms with Crippen molar-refractivity contribution in [3.8, 4) is 11.1 Å². The van der Waals surface area contributed by atoms with Crippen molar-refractivity contribution < 1.29 is 4.52 Å². The first-order chi connectivity index (χ1) is 9.27. The lowest BCUT2D eigenvalue weighted by molar-refractivity contribution is 0.346. The van der Waals surface area contributed by atoms with E-state index in [1.165, 1.54) is 0 Å². The summed E-state index contributed by atoms with van der Waals surface area (Å²) >= 11 is 0. The highest BCUT2D eigenvalue weighted by atomic mass is 16.5. The van der Waals surface area contributed by atoms with Crippen molar-refractivity contribution in [2.75, 3.05) is 5.73 Å². The molecule has 2 heterocycles. The third-order valence-corrected chi connectivity index (χ3v) is 3.36. The molecule has 4 nitrogen and oxygen atoms in total. The van der Waals surface area contributed by atoms with Gasteiger partial charge in [-0.15, -0.1) is 0 Å². The van der Waals surface area contributed by atoms with E-state index in [1.54, 1.807) is 12.4 Å². The smallest absolute Gasteiger partial charge is 0.175 e. The van der Waals surface area contributed by atoms with Crippen LogP contribution in [0.25, 0.3) is 11.1 Å². The molecule has 2 N–H and O–H groups in total. The van der Waals surface area contributed by atoms with E-state index in [4.69, 9.17) is 10.3 Å². The first kappa shape index (κ1) is 13.6. The van der Waals surface area contributed by atoms with E-state index in [1.807, 2.05) is 12.1 Å². The third kappa shape index (κ3) is 2.95. The van der Waals surface area contributed by atoms with Gasteiger partial charge in [-0.1, -0.05) is 31.8 Å². The third-order valence-electron chi connectivity index (χ3n) is 3.36. The number of nitrogens with zero attached hydrogens (tertiary/aromatic N) is 2. The minimum atomic E-state index is 0.392. The zero-order chi connectivity index (χ0) is 13.7. The van der Waals surface area contributed by atoms with Crippen molar-refractivity contribution >= 4 is 5.82 Å². The number of hydrogen-bond acceptors (Lipinski definition) is 4. The van der Waals surface area contributed by atoms with Gasteiger partial charge in [0, 0.05) is 18.3 Å². The second kappa shape index (κ2) is 6.36. The van der Waals surface area contributed by atoms with E-state index in [0.717, 1.165) is 42.6 Å². The van der Waals surface area contributed by atoms with Crippen LogP contribution in [-0.2, 0) is 0 Å². The number of pyridine rings is 1. The largest absolute Gasteiger partial charge is 0.380 e. The van der Waals surface area contributed by atoms with Crippen LogP contribution < -0.4 is 5.73 Å². The van der Waals surface area contributed by atoms with Crippen LogP contribution in [0.4, 0.5) is 5.82 Å². The summed E-state index contributed by atoms with van der Waals surface area (Å²) < 4.78 is 5.52. The second-order valence-corrected chi connectivity index (χ2v) is 4.82. The summed E-state index contributed by atoms with van der Waals surface area (Å²) in [6.45, 7) is 4.38. The van der Waals surface area contributed by atoms with E-state index in [2.05, 4.69) is 24.0 Å². The van der Waals surface area contributed by atoms with E-state index >= 15 is 0 Å².